The van der Waals surface area contributed by atoms with Crippen LogP contribution in [0.15, 0.2) is 30.3 Å². The Morgan fingerprint density at radius 1 is 1.24 bits per heavy atom. The zero-order valence-electron chi connectivity index (χ0n) is 10.5. The minimum Gasteiger partial charge on any atom is -0.377 e. The Kier molecular flexibility index (Phi) is 5.02. The highest BCUT2D eigenvalue weighted by Gasteiger charge is 2.20. The lowest BCUT2D eigenvalue weighted by atomic mass is 9.97. The molecular formula is C15H23NO. The minimum absolute atomic E-state index is 0.221. The van der Waals surface area contributed by atoms with E-state index in [0.29, 0.717) is 6.10 Å². The van der Waals surface area contributed by atoms with Crippen LogP contribution in [0.1, 0.15) is 37.7 Å². The first-order valence-electron chi connectivity index (χ1n) is 6.77. The van der Waals surface area contributed by atoms with Crippen molar-refractivity contribution < 1.29 is 4.74 Å². The molecule has 17 heavy (non-hydrogen) atoms. The van der Waals surface area contributed by atoms with Gasteiger partial charge >= 0.3 is 0 Å². The van der Waals surface area contributed by atoms with Crippen molar-refractivity contribution in [3.8, 4) is 0 Å². The molecule has 1 heterocycles. The van der Waals surface area contributed by atoms with Crippen molar-refractivity contribution in [2.45, 2.75) is 50.7 Å². The maximum Gasteiger partial charge on any atom is 0.0725 e. The molecular weight excluding hydrogens is 210 g/mol. The molecule has 1 aliphatic rings. The number of ether oxygens (including phenoxy) is 1. The van der Waals surface area contributed by atoms with Crippen LogP contribution in [0.25, 0.3) is 0 Å². The maximum atomic E-state index is 6.19. The van der Waals surface area contributed by atoms with Crippen molar-refractivity contribution >= 4 is 0 Å². The summed E-state index contributed by atoms with van der Waals surface area (Å²) in [6.07, 6.45) is 7.28. The smallest absolute Gasteiger partial charge is 0.0725 e. The summed E-state index contributed by atoms with van der Waals surface area (Å²) in [5.74, 6) is 0. The second-order valence-corrected chi connectivity index (χ2v) is 4.95. The highest BCUT2D eigenvalue weighted by Crippen LogP contribution is 2.18. The normalized spacial score (nSPS) is 22.3. The Balaban J connectivity index is 1.67. The van der Waals surface area contributed by atoms with Crippen molar-refractivity contribution in [1.82, 2.24) is 0 Å². The number of benzene rings is 1. The highest BCUT2D eigenvalue weighted by molar-refractivity contribution is 5.14. The van der Waals surface area contributed by atoms with Crippen LogP contribution in [0.3, 0.4) is 0 Å². The Morgan fingerprint density at radius 3 is 2.76 bits per heavy atom. The number of rotatable bonds is 5. The predicted octanol–water partition coefficient (Wildman–Crippen LogP) is 2.91. The van der Waals surface area contributed by atoms with Crippen molar-refractivity contribution in [2.24, 2.45) is 5.73 Å². The van der Waals surface area contributed by atoms with Gasteiger partial charge in [0.1, 0.15) is 0 Å². The Morgan fingerprint density at radius 2 is 2.06 bits per heavy atom. The van der Waals surface area contributed by atoms with Gasteiger partial charge in [0.05, 0.1) is 6.10 Å². The average molecular weight is 233 g/mol. The number of hydrogen-bond donors (Lipinski definition) is 1. The van der Waals surface area contributed by atoms with Crippen molar-refractivity contribution in [3.05, 3.63) is 35.9 Å². The van der Waals surface area contributed by atoms with Crippen LogP contribution in [0, 0.1) is 0 Å². The summed E-state index contributed by atoms with van der Waals surface area (Å²) < 4.78 is 5.72. The van der Waals surface area contributed by atoms with Gasteiger partial charge in [0.25, 0.3) is 0 Å². The van der Waals surface area contributed by atoms with Crippen LogP contribution in [0.2, 0.25) is 0 Å². The van der Waals surface area contributed by atoms with Gasteiger partial charge in [0, 0.05) is 12.6 Å². The first kappa shape index (κ1) is 12.6. The van der Waals surface area contributed by atoms with Crippen LogP contribution in [-0.4, -0.2) is 18.8 Å². The molecule has 0 aromatic heterocycles. The largest absolute Gasteiger partial charge is 0.377 e. The van der Waals surface area contributed by atoms with Gasteiger partial charge in [0.15, 0.2) is 0 Å². The molecule has 1 aromatic carbocycles. The second kappa shape index (κ2) is 6.77. The van der Waals surface area contributed by atoms with E-state index in [-0.39, 0.29) is 6.04 Å². The average Bonchev–Trinajstić information content (AvgIpc) is 2.41. The molecule has 1 aliphatic heterocycles. The van der Waals surface area contributed by atoms with E-state index in [0.717, 1.165) is 32.3 Å². The van der Waals surface area contributed by atoms with Crippen LogP contribution < -0.4 is 5.73 Å². The van der Waals surface area contributed by atoms with Gasteiger partial charge in [-0.2, -0.15) is 0 Å². The van der Waals surface area contributed by atoms with E-state index in [1.54, 1.807) is 0 Å². The Hall–Kier alpha value is -0.860. The lowest BCUT2D eigenvalue weighted by Gasteiger charge is -2.27. The van der Waals surface area contributed by atoms with E-state index in [1.165, 1.54) is 18.4 Å². The monoisotopic (exact) mass is 233 g/mol. The van der Waals surface area contributed by atoms with Crippen LogP contribution in [0.5, 0.6) is 0 Å². The molecule has 2 nitrogen and oxygen atoms in total. The van der Waals surface area contributed by atoms with Gasteiger partial charge in [-0.1, -0.05) is 30.3 Å². The van der Waals surface area contributed by atoms with Gasteiger partial charge in [0.2, 0.25) is 0 Å². The molecule has 0 aliphatic carbocycles. The van der Waals surface area contributed by atoms with E-state index in [2.05, 4.69) is 30.3 Å². The fourth-order valence-electron chi connectivity index (χ4n) is 2.48. The zero-order valence-corrected chi connectivity index (χ0v) is 10.5. The molecule has 1 fully saturated rings. The molecule has 2 atom stereocenters. The van der Waals surface area contributed by atoms with Crippen molar-refractivity contribution in [2.75, 3.05) is 6.61 Å². The summed E-state index contributed by atoms with van der Waals surface area (Å²) in [5.41, 5.74) is 7.59. The lowest BCUT2D eigenvalue weighted by molar-refractivity contribution is -0.00132. The molecule has 1 saturated heterocycles. The van der Waals surface area contributed by atoms with Crippen LogP contribution in [-0.2, 0) is 11.2 Å². The summed E-state index contributed by atoms with van der Waals surface area (Å²) in [6.45, 7) is 0.900. The van der Waals surface area contributed by atoms with Crippen LogP contribution >= 0.6 is 0 Å². The second-order valence-electron chi connectivity index (χ2n) is 4.95. The number of nitrogens with two attached hydrogens (primary N) is 1. The lowest BCUT2D eigenvalue weighted by Crippen LogP contribution is -2.38. The SMILES string of the molecule is NC(CCCc1ccccc1)C1CCCCO1. The quantitative estimate of drug-likeness (QED) is 0.848. The molecule has 1 aromatic rings. The van der Waals surface area contributed by atoms with E-state index in [4.69, 9.17) is 10.5 Å². The predicted molar refractivity (Wildman–Crippen MR) is 70.9 cm³/mol. The topological polar surface area (TPSA) is 35.2 Å². The molecule has 0 spiro atoms. The fraction of sp³-hybridized carbons (Fsp3) is 0.600. The summed E-state index contributed by atoms with van der Waals surface area (Å²) in [6, 6.07) is 10.8. The summed E-state index contributed by atoms with van der Waals surface area (Å²) in [4.78, 5) is 0. The molecule has 2 heteroatoms. The summed E-state index contributed by atoms with van der Waals surface area (Å²) >= 11 is 0. The van der Waals surface area contributed by atoms with Crippen molar-refractivity contribution in [1.29, 1.82) is 0 Å². The van der Waals surface area contributed by atoms with E-state index in [1.807, 2.05) is 0 Å². The third-order valence-electron chi connectivity index (χ3n) is 3.54. The first-order chi connectivity index (χ1) is 8.36. The first-order valence-corrected chi connectivity index (χ1v) is 6.77. The molecule has 94 valence electrons. The zero-order chi connectivity index (χ0) is 11.9. The van der Waals surface area contributed by atoms with Gasteiger partial charge in [-0.3, -0.25) is 0 Å². The van der Waals surface area contributed by atoms with Gasteiger partial charge in [-0.25, -0.2) is 0 Å². The van der Waals surface area contributed by atoms with Gasteiger partial charge < -0.3 is 10.5 Å². The molecule has 0 saturated carbocycles. The molecule has 0 amide bonds. The maximum absolute atomic E-state index is 6.19. The fourth-order valence-corrected chi connectivity index (χ4v) is 2.48. The standard InChI is InChI=1S/C15H23NO/c16-14(15-11-4-5-12-17-15)10-6-9-13-7-2-1-3-8-13/h1-3,7-8,14-15H,4-6,9-12,16H2. The Labute approximate surface area is 104 Å². The van der Waals surface area contributed by atoms with Crippen molar-refractivity contribution in [3.63, 3.8) is 0 Å². The van der Waals surface area contributed by atoms with Gasteiger partial charge in [-0.05, 0) is 44.1 Å². The number of hydrogen-bond acceptors (Lipinski definition) is 2. The van der Waals surface area contributed by atoms with Gasteiger partial charge in [-0.15, -0.1) is 0 Å². The molecule has 2 rings (SSSR count). The Bertz CT molecular complexity index is 306. The third-order valence-corrected chi connectivity index (χ3v) is 3.54. The third kappa shape index (κ3) is 4.14. The summed E-state index contributed by atoms with van der Waals surface area (Å²) in [5, 5.41) is 0. The molecule has 2 unspecified atom stereocenters. The molecule has 0 bridgehead atoms. The summed E-state index contributed by atoms with van der Waals surface area (Å²) in [7, 11) is 0. The molecule has 0 radical (unpaired) electrons. The van der Waals surface area contributed by atoms with E-state index >= 15 is 0 Å². The highest BCUT2D eigenvalue weighted by atomic mass is 16.5. The van der Waals surface area contributed by atoms with E-state index in [9.17, 15) is 0 Å². The number of aryl methyl sites for hydroxylation is 1. The molecule has 2 N–H and O–H groups in total. The minimum atomic E-state index is 0.221. The van der Waals surface area contributed by atoms with Crippen LogP contribution in [0.4, 0.5) is 0 Å². The van der Waals surface area contributed by atoms with E-state index < -0.39 is 0 Å².